The van der Waals surface area contributed by atoms with E-state index < -0.39 is 0 Å². The second-order valence-electron chi connectivity index (χ2n) is 6.93. The number of carbonyl (C=O) groups is 1. The number of hydrogen-bond donors (Lipinski definition) is 3. The summed E-state index contributed by atoms with van der Waals surface area (Å²) in [5, 5.41) is 3.46. The van der Waals surface area contributed by atoms with Crippen molar-refractivity contribution in [2.75, 3.05) is 7.05 Å². The molecule has 0 aliphatic heterocycles. The first-order chi connectivity index (χ1) is 15.9. The molecular formula is C23H17Br2N5O2S. The first-order valence-electron chi connectivity index (χ1n) is 9.75. The minimum Gasteiger partial charge on any atom is -0.364 e. The Morgan fingerprint density at radius 2 is 1.70 bits per heavy atom. The Balaban J connectivity index is 1.84. The van der Waals surface area contributed by atoms with Gasteiger partial charge in [-0.15, -0.1) is 0 Å². The lowest BCUT2D eigenvalue weighted by Crippen LogP contribution is -2.45. The van der Waals surface area contributed by atoms with Crippen LogP contribution in [-0.2, 0) is 0 Å². The first-order valence-corrected chi connectivity index (χ1v) is 11.7. The number of carbonyl (C=O) groups excluding carboxylic acids is 1. The van der Waals surface area contributed by atoms with Crippen LogP contribution in [0.1, 0.15) is 10.4 Å². The Kier molecular flexibility index (Phi) is 6.87. The van der Waals surface area contributed by atoms with Gasteiger partial charge in [-0.2, -0.15) is 0 Å². The summed E-state index contributed by atoms with van der Waals surface area (Å²) in [6.45, 7) is 0. The number of nitrogens with one attached hydrogen (secondary N) is 3. The smallest absolute Gasteiger partial charge is 0.269 e. The summed E-state index contributed by atoms with van der Waals surface area (Å²) in [6, 6.07) is 19.8. The highest BCUT2D eigenvalue weighted by molar-refractivity contribution is 9.11. The van der Waals surface area contributed by atoms with Crippen LogP contribution in [-0.4, -0.2) is 27.6 Å². The number of rotatable bonds is 3. The van der Waals surface area contributed by atoms with Gasteiger partial charge in [-0.25, -0.2) is 4.98 Å². The number of amides is 1. The summed E-state index contributed by atoms with van der Waals surface area (Å²) in [5.74, 6) is 0.133. The van der Waals surface area contributed by atoms with Crippen LogP contribution in [0.5, 0.6) is 0 Å². The number of aromatic nitrogens is 2. The summed E-state index contributed by atoms with van der Waals surface area (Å²) >= 11 is 11.9. The summed E-state index contributed by atoms with van der Waals surface area (Å²) in [4.78, 5) is 30.8. The summed E-state index contributed by atoms with van der Waals surface area (Å²) in [7, 11) is 1.65. The number of hydrazine groups is 1. The van der Waals surface area contributed by atoms with Crippen LogP contribution in [0.25, 0.3) is 28.0 Å². The van der Waals surface area contributed by atoms with E-state index in [-0.39, 0.29) is 11.5 Å². The normalized spacial score (nSPS) is 10.6. The molecule has 0 aliphatic carbocycles. The summed E-state index contributed by atoms with van der Waals surface area (Å²) in [6.07, 6.45) is 0. The number of hydrogen-bond acceptors (Lipinski definition) is 4. The minimum absolute atomic E-state index is 0.223. The van der Waals surface area contributed by atoms with Crippen molar-refractivity contribution in [3.05, 3.63) is 91.6 Å². The lowest BCUT2D eigenvalue weighted by Gasteiger charge is -2.15. The fourth-order valence-electron chi connectivity index (χ4n) is 3.25. The molecule has 0 saturated carbocycles. The maximum absolute atomic E-state index is 13.6. The third-order valence-corrected chi connectivity index (χ3v) is 6.20. The van der Waals surface area contributed by atoms with Gasteiger partial charge in [0.2, 0.25) is 0 Å². The molecule has 0 saturated heterocycles. The maximum Gasteiger partial charge on any atom is 0.269 e. The molecular weight excluding hydrogens is 570 g/mol. The highest BCUT2D eigenvalue weighted by Gasteiger charge is 2.17. The molecule has 0 unspecified atom stereocenters. The quantitative estimate of drug-likeness (QED) is 0.245. The molecule has 0 radical (unpaired) electrons. The molecule has 1 aromatic heterocycles. The molecule has 0 spiro atoms. The van der Waals surface area contributed by atoms with Crippen LogP contribution in [0.15, 0.2) is 80.5 Å². The van der Waals surface area contributed by atoms with Crippen molar-refractivity contribution >= 4 is 66.0 Å². The van der Waals surface area contributed by atoms with Gasteiger partial charge in [-0.1, -0.05) is 46.3 Å². The van der Waals surface area contributed by atoms with Crippen molar-refractivity contribution in [2.45, 2.75) is 0 Å². The molecule has 7 nitrogen and oxygen atoms in total. The van der Waals surface area contributed by atoms with E-state index in [0.717, 1.165) is 10.0 Å². The number of thiocarbonyl (C=S) groups is 1. The number of halogens is 2. The van der Waals surface area contributed by atoms with E-state index in [1.807, 2.05) is 36.4 Å². The predicted molar refractivity (Wildman–Crippen MR) is 140 cm³/mol. The van der Waals surface area contributed by atoms with E-state index in [1.165, 1.54) is 0 Å². The third kappa shape index (κ3) is 4.82. The van der Waals surface area contributed by atoms with Crippen molar-refractivity contribution in [1.29, 1.82) is 0 Å². The fourth-order valence-corrected chi connectivity index (χ4v) is 4.61. The lowest BCUT2D eigenvalue weighted by atomic mass is 10.1. The van der Waals surface area contributed by atoms with E-state index in [0.29, 0.717) is 37.6 Å². The second-order valence-corrected chi connectivity index (χ2v) is 9.11. The van der Waals surface area contributed by atoms with Crippen LogP contribution in [0.3, 0.4) is 0 Å². The van der Waals surface area contributed by atoms with E-state index in [9.17, 15) is 9.59 Å². The fraction of sp³-hybridized carbons (Fsp3) is 0.0435. The average Bonchev–Trinajstić information content (AvgIpc) is 2.83. The zero-order chi connectivity index (χ0) is 23.5. The second kappa shape index (κ2) is 9.82. The van der Waals surface area contributed by atoms with Crippen molar-refractivity contribution < 1.29 is 4.79 Å². The monoisotopic (exact) mass is 585 g/mol. The van der Waals surface area contributed by atoms with E-state index in [1.54, 1.807) is 41.9 Å². The van der Waals surface area contributed by atoms with Gasteiger partial charge < -0.3 is 5.32 Å². The third-order valence-electron chi connectivity index (χ3n) is 4.83. The van der Waals surface area contributed by atoms with Gasteiger partial charge >= 0.3 is 0 Å². The zero-order valence-electron chi connectivity index (χ0n) is 17.2. The Morgan fingerprint density at radius 3 is 2.36 bits per heavy atom. The van der Waals surface area contributed by atoms with Crippen LogP contribution >= 0.6 is 44.1 Å². The van der Waals surface area contributed by atoms with E-state index in [2.05, 4.69) is 48.0 Å². The lowest BCUT2D eigenvalue weighted by molar-refractivity contribution is 0.0944. The molecule has 10 heteroatoms. The minimum atomic E-state index is -0.362. The molecule has 33 heavy (non-hydrogen) atoms. The highest BCUT2D eigenvalue weighted by Crippen LogP contribution is 2.29. The van der Waals surface area contributed by atoms with Crippen molar-refractivity contribution in [1.82, 2.24) is 25.7 Å². The molecule has 4 rings (SSSR count). The van der Waals surface area contributed by atoms with E-state index in [4.69, 9.17) is 17.2 Å². The Hall–Kier alpha value is -3.08. The van der Waals surface area contributed by atoms with Crippen LogP contribution < -0.4 is 21.7 Å². The molecule has 4 aromatic rings. The molecule has 166 valence electrons. The topological polar surface area (TPSA) is 88.0 Å². The molecule has 0 atom stereocenters. The van der Waals surface area contributed by atoms with Gasteiger partial charge in [0, 0.05) is 27.1 Å². The van der Waals surface area contributed by atoms with E-state index >= 15 is 0 Å². The summed E-state index contributed by atoms with van der Waals surface area (Å²) in [5.41, 5.74) is 7.23. The number of fused-ring (bicyclic) bond motifs is 1. The van der Waals surface area contributed by atoms with Crippen molar-refractivity contribution in [3.8, 4) is 17.1 Å². The predicted octanol–water partition coefficient (Wildman–Crippen LogP) is 4.32. The highest BCUT2D eigenvalue weighted by atomic mass is 79.9. The Morgan fingerprint density at radius 1 is 1.00 bits per heavy atom. The number of nitrogens with zero attached hydrogens (tertiary/aromatic N) is 2. The van der Waals surface area contributed by atoms with Crippen LogP contribution in [0.2, 0.25) is 0 Å². The van der Waals surface area contributed by atoms with Crippen molar-refractivity contribution in [3.63, 3.8) is 0 Å². The molecule has 1 heterocycles. The molecule has 0 aliphatic rings. The van der Waals surface area contributed by atoms with Crippen molar-refractivity contribution in [2.24, 2.45) is 0 Å². The maximum atomic E-state index is 13.6. The van der Waals surface area contributed by atoms with Gasteiger partial charge in [0.15, 0.2) is 5.11 Å². The molecule has 1 amide bonds. The Labute approximate surface area is 211 Å². The summed E-state index contributed by atoms with van der Waals surface area (Å²) < 4.78 is 3.03. The zero-order valence-corrected chi connectivity index (χ0v) is 21.2. The van der Waals surface area contributed by atoms with Gasteiger partial charge in [0.25, 0.3) is 11.5 Å². The average molecular weight is 587 g/mol. The number of benzene rings is 3. The van der Waals surface area contributed by atoms with Crippen LogP contribution in [0.4, 0.5) is 0 Å². The van der Waals surface area contributed by atoms with Gasteiger partial charge in [0.05, 0.1) is 16.6 Å². The molecule has 3 N–H and O–H groups in total. The first kappa shape index (κ1) is 23.1. The molecule has 0 bridgehead atoms. The molecule has 3 aromatic carbocycles. The van der Waals surface area contributed by atoms with Gasteiger partial charge in [-0.3, -0.25) is 25.0 Å². The standard InChI is InChI=1S/C23H17Br2N5O2S/c1-26-23(33)29-28-21(31)14-7-9-16(10-8-14)30-20(13-5-3-2-4-6-13)27-19-17(22(30)32)11-15(24)12-18(19)25/h2-12H,1H3,(H,28,31)(H2,26,29,33). The molecule has 0 fully saturated rings. The largest absolute Gasteiger partial charge is 0.364 e. The Bertz CT molecular complexity index is 1420. The van der Waals surface area contributed by atoms with Gasteiger partial charge in [0.1, 0.15) is 5.82 Å². The van der Waals surface area contributed by atoms with Gasteiger partial charge in [-0.05, 0) is 64.5 Å². The van der Waals surface area contributed by atoms with Crippen LogP contribution in [0, 0.1) is 0 Å². The SMILES string of the molecule is CNC(=S)NNC(=O)c1ccc(-n2c(-c3ccccc3)nc3c(Br)cc(Br)cc3c2=O)cc1.